The van der Waals surface area contributed by atoms with Gasteiger partial charge in [-0.3, -0.25) is 14.5 Å². The molecule has 3 aliphatic heterocycles. The molecule has 3 heterocycles. The van der Waals surface area contributed by atoms with Gasteiger partial charge in [0.1, 0.15) is 4.91 Å². The molecule has 41 heavy (non-hydrogen) atoms. The van der Waals surface area contributed by atoms with Gasteiger partial charge in [0.2, 0.25) is 5.91 Å². The molecular formula is C30H33N7O2S2. The predicted octanol–water partition coefficient (Wildman–Crippen LogP) is 4.61. The number of nitrogens with zero attached hydrogens (tertiary/aromatic N) is 6. The fourth-order valence-electron chi connectivity index (χ4n) is 4.92. The van der Waals surface area contributed by atoms with E-state index in [1.54, 1.807) is 28.8 Å². The van der Waals surface area contributed by atoms with Crippen LogP contribution in [0.2, 0.25) is 0 Å². The average Bonchev–Trinajstić information content (AvgIpc) is 3.45. The number of amides is 2. The van der Waals surface area contributed by atoms with Crippen molar-refractivity contribution in [2.45, 2.75) is 19.9 Å². The highest BCUT2D eigenvalue weighted by molar-refractivity contribution is 8.19. The van der Waals surface area contributed by atoms with Gasteiger partial charge in [0.15, 0.2) is 5.17 Å². The van der Waals surface area contributed by atoms with Crippen molar-refractivity contribution >= 4 is 51.9 Å². The molecule has 1 saturated heterocycles. The van der Waals surface area contributed by atoms with Crippen molar-refractivity contribution in [1.82, 2.24) is 19.6 Å². The van der Waals surface area contributed by atoms with Crippen molar-refractivity contribution in [3.05, 3.63) is 80.2 Å². The Labute approximate surface area is 249 Å². The lowest BCUT2D eigenvalue weighted by Gasteiger charge is -2.30. The number of aliphatic imine (C=N–C) groups is 1. The molecule has 2 aromatic carbocycles. The topological polar surface area (TPSA) is 95.3 Å². The van der Waals surface area contributed by atoms with Crippen LogP contribution in [0.3, 0.4) is 0 Å². The van der Waals surface area contributed by atoms with Crippen LogP contribution in [-0.4, -0.2) is 83.9 Å². The van der Waals surface area contributed by atoms with Crippen LogP contribution in [0.25, 0.3) is 0 Å². The lowest BCUT2D eigenvalue weighted by molar-refractivity contribution is -0.131. The summed E-state index contributed by atoms with van der Waals surface area (Å²) in [5.41, 5.74) is 4.09. The van der Waals surface area contributed by atoms with Crippen molar-refractivity contribution < 1.29 is 9.59 Å². The largest absolute Gasteiger partial charge is 0.384 e. The normalized spacial score (nSPS) is 19.9. The summed E-state index contributed by atoms with van der Waals surface area (Å²) >= 11 is 2.94. The summed E-state index contributed by atoms with van der Waals surface area (Å²) in [4.78, 5) is 41.1. The van der Waals surface area contributed by atoms with Gasteiger partial charge in [0, 0.05) is 37.2 Å². The van der Waals surface area contributed by atoms with E-state index in [0.717, 1.165) is 33.3 Å². The minimum absolute atomic E-state index is 0.103. The first-order chi connectivity index (χ1) is 19.8. The summed E-state index contributed by atoms with van der Waals surface area (Å²) < 4.78 is 0. The summed E-state index contributed by atoms with van der Waals surface area (Å²) in [6.45, 7) is 4.67. The molecule has 0 aliphatic carbocycles. The lowest BCUT2D eigenvalue weighted by atomic mass is 10.2. The van der Waals surface area contributed by atoms with Crippen LogP contribution in [0.15, 0.2) is 74.1 Å². The summed E-state index contributed by atoms with van der Waals surface area (Å²) in [7, 11) is 5.79. The van der Waals surface area contributed by atoms with Crippen molar-refractivity contribution in [1.29, 1.82) is 5.26 Å². The van der Waals surface area contributed by atoms with Crippen LogP contribution in [-0.2, 0) is 16.1 Å². The quantitative estimate of drug-likeness (QED) is 0.470. The van der Waals surface area contributed by atoms with E-state index in [9.17, 15) is 14.9 Å². The first-order valence-corrected chi connectivity index (χ1v) is 15.1. The summed E-state index contributed by atoms with van der Waals surface area (Å²) in [5, 5.41) is 14.3. The lowest BCUT2D eigenvalue weighted by Crippen LogP contribution is -2.41. The van der Waals surface area contributed by atoms with E-state index in [1.165, 1.54) is 11.8 Å². The zero-order valence-corrected chi connectivity index (χ0v) is 25.3. The van der Waals surface area contributed by atoms with Crippen LogP contribution in [0.1, 0.15) is 24.5 Å². The van der Waals surface area contributed by atoms with Gasteiger partial charge < -0.3 is 20.0 Å². The highest BCUT2D eigenvalue weighted by Crippen LogP contribution is 2.49. The van der Waals surface area contributed by atoms with Crippen LogP contribution in [0, 0.1) is 11.3 Å². The van der Waals surface area contributed by atoms with Crippen LogP contribution < -0.4 is 5.32 Å². The van der Waals surface area contributed by atoms with Gasteiger partial charge in [-0.2, -0.15) is 5.26 Å². The summed E-state index contributed by atoms with van der Waals surface area (Å²) in [6, 6.07) is 17.4. The van der Waals surface area contributed by atoms with E-state index in [2.05, 4.69) is 16.3 Å². The molecule has 0 atom stereocenters. The number of amidine groups is 1. The van der Waals surface area contributed by atoms with Gasteiger partial charge in [-0.15, -0.1) is 0 Å². The Morgan fingerprint density at radius 1 is 1.17 bits per heavy atom. The molecule has 0 bridgehead atoms. The van der Waals surface area contributed by atoms with E-state index in [0.29, 0.717) is 54.0 Å². The fourth-order valence-corrected chi connectivity index (χ4v) is 7.41. The second kappa shape index (κ2) is 12.4. The molecule has 212 valence electrons. The number of rotatable bonds is 7. The van der Waals surface area contributed by atoms with Gasteiger partial charge in [-0.25, -0.2) is 4.99 Å². The number of likely N-dealkylation sites (N-methyl/N-ethyl adjacent to an activating group) is 1. The van der Waals surface area contributed by atoms with Gasteiger partial charge in [0.05, 0.1) is 47.7 Å². The molecule has 9 nitrogen and oxygen atoms in total. The Morgan fingerprint density at radius 3 is 2.66 bits per heavy atom. The van der Waals surface area contributed by atoms with Crippen LogP contribution in [0.4, 0.5) is 11.4 Å². The SMILES string of the molecule is CCNc1ccc(C#N)cc1N=C1SC(=C2SC3=C(CCN(C(=O)CN(C)C)C3)N2C)C(=O)N1Cc1ccccc1. The first kappa shape index (κ1) is 28.8. The first-order valence-electron chi connectivity index (χ1n) is 13.5. The van der Waals surface area contributed by atoms with Gasteiger partial charge in [-0.1, -0.05) is 42.1 Å². The molecule has 3 aliphatic rings. The maximum Gasteiger partial charge on any atom is 0.269 e. The minimum Gasteiger partial charge on any atom is -0.384 e. The van der Waals surface area contributed by atoms with E-state index in [1.807, 2.05) is 74.3 Å². The number of anilines is 1. The number of hydrogen-bond donors (Lipinski definition) is 1. The Balaban J connectivity index is 1.49. The van der Waals surface area contributed by atoms with Gasteiger partial charge in [0.25, 0.3) is 5.91 Å². The zero-order chi connectivity index (χ0) is 29.1. The van der Waals surface area contributed by atoms with Crippen molar-refractivity contribution in [3.8, 4) is 6.07 Å². The Morgan fingerprint density at radius 2 is 1.95 bits per heavy atom. The molecule has 0 aromatic heterocycles. The molecule has 2 amide bonds. The maximum atomic E-state index is 14.0. The van der Waals surface area contributed by atoms with Gasteiger partial charge >= 0.3 is 0 Å². The standard InChI is InChI=1S/C30H33N7O2S2/c1-5-32-22-12-11-21(16-31)15-23(22)33-30-37(17-20-9-7-6-8-10-20)28(39)27(41-30)29-35(4)24-13-14-36(18-25(24)40-29)26(38)19-34(2)3/h6-12,15,32H,5,13-14,17-19H2,1-4H3. The number of benzene rings is 2. The summed E-state index contributed by atoms with van der Waals surface area (Å²) in [6.07, 6.45) is 0.745. The highest BCUT2D eigenvalue weighted by atomic mass is 32.2. The summed E-state index contributed by atoms with van der Waals surface area (Å²) in [5.74, 6) is 0.00514. The van der Waals surface area contributed by atoms with E-state index in [-0.39, 0.29) is 11.8 Å². The molecule has 1 fully saturated rings. The highest BCUT2D eigenvalue weighted by Gasteiger charge is 2.41. The van der Waals surface area contributed by atoms with Crippen molar-refractivity contribution in [2.75, 3.05) is 52.6 Å². The number of hydrogen-bond acceptors (Lipinski definition) is 9. The second-order valence-electron chi connectivity index (χ2n) is 10.2. The molecule has 0 saturated carbocycles. The Kier molecular flexibility index (Phi) is 8.73. The Bertz CT molecular complexity index is 1490. The number of carbonyl (C=O) groups is 2. The smallest absolute Gasteiger partial charge is 0.269 e. The third kappa shape index (κ3) is 6.15. The number of thioether (sulfide) groups is 2. The average molecular weight is 588 g/mol. The van der Waals surface area contributed by atoms with E-state index >= 15 is 0 Å². The maximum absolute atomic E-state index is 14.0. The van der Waals surface area contributed by atoms with E-state index < -0.39 is 0 Å². The molecule has 2 aromatic rings. The minimum atomic E-state index is -0.103. The van der Waals surface area contributed by atoms with Crippen LogP contribution >= 0.6 is 23.5 Å². The predicted molar refractivity (Wildman–Crippen MR) is 166 cm³/mol. The molecule has 5 rings (SSSR count). The monoisotopic (exact) mass is 587 g/mol. The second-order valence-corrected chi connectivity index (χ2v) is 12.3. The number of nitrogens with one attached hydrogen (secondary N) is 1. The fraction of sp³-hybridized carbons (Fsp3) is 0.333. The van der Waals surface area contributed by atoms with Crippen molar-refractivity contribution in [2.24, 2.45) is 4.99 Å². The molecule has 0 unspecified atom stereocenters. The van der Waals surface area contributed by atoms with Gasteiger partial charge in [-0.05, 0) is 56.5 Å². The molecule has 1 N–H and O–H groups in total. The zero-order valence-electron chi connectivity index (χ0n) is 23.7. The van der Waals surface area contributed by atoms with Crippen LogP contribution in [0.5, 0.6) is 0 Å². The van der Waals surface area contributed by atoms with E-state index in [4.69, 9.17) is 4.99 Å². The Hall–Kier alpha value is -3.72. The van der Waals surface area contributed by atoms with Crippen molar-refractivity contribution in [3.63, 3.8) is 0 Å². The number of nitriles is 1. The third-order valence-electron chi connectivity index (χ3n) is 6.96. The third-order valence-corrected chi connectivity index (χ3v) is 9.44. The molecule has 0 radical (unpaired) electrons. The molecular weight excluding hydrogens is 555 g/mol. The number of carbonyl (C=O) groups excluding carboxylic acids is 2. The molecule has 0 spiro atoms. The molecule has 11 heteroatoms.